The summed E-state index contributed by atoms with van der Waals surface area (Å²) in [6.45, 7) is 0. The zero-order chi connectivity index (χ0) is 22.4. The highest BCUT2D eigenvalue weighted by Crippen LogP contribution is 2.42. The number of aromatic nitrogens is 4. The first-order chi connectivity index (χ1) is 16.2. The SMILES string of the molecule is Nc1ccc(Nc2ncc3cnn(C4CCc5c(-c6ccccc6O)cccc54)c3n2)cc1. The Morgan fingerprint density at radius 3 is 2.61 bits per heavy atom. The van der Waals surface area contributed by atoms with Gasteiger partial charge in [-0.3, -0.25) is 0 Å². The average molecular weight is 435 g/mol. The van der Waals surface area contributed by atoms with Crippen LogP contribution < -0.4 is 11.1 Å². The van der Waals surface area contributed by atoms with Gasteiger partial charge in [0.05, 0.1) is 17.6 Å². The van der Waals surface area contributed by atoms with Gasteiger partial charge in [-0.25, -0.2) is 9.67 Å². The number of hydrogen-bond donors (Lipinski definition) is 3. The van der Waals surface area contributed by atoms with Gasteiger partial charge in [-0.05, 0) is 59.9 Å². The van der Waals surface area contributed by atoms with Gasteiger partial charge in [-0.1, -0.05) is 36.4 Å². The summed E-state index contributed by atoms with van der Waals surface area (Å²) in [5.74, 6) is 0.806. The Morgan fingerprint density at radius 2 is 1.76 bits per heavy atom. The standard InChI is InChI=1S/C26H22N6O/c27-17-8-10-18(11-9-17)30-26-28-14-16-15-29-32(25(16)31-26)23-13-12-20-19(5-3-6-21(20)23)22-4-1-2-7-24(22)33/h1-11,14-15,23,33H,12-13,27H2,(H,28,30,31). The molecule has 7 nitrogen and oxygen atoms in total. The van der Waals surface area contributed by atoms with Gasteiger partial charge in [0.25, 0.3) is 0 Å². The zero-order valence-corrected chi connectivity index (χ0v) is 17.8. The lowest BCUT2D eigenvalue weighted by molar-refractivity contribution is 0.477. The topological polar surface area (TPSA) is 102 Å². The predicted octanol–water partition coefficient (Wildman–Crippen LogP) is 5.06. The Balaban J connectivity index is 1.39. The van der Waals surface area contributed by atoms with Crippen LogP contribution in [-0.2, 0) is 6.42 Å². The molecule has 5 aromatic rings. The molecule has 0 bridgehead atoms. The number of anilines is 3. The van der Waals surface area contributed by atoms with Crippen LogP contribution >= 0.6 is 0 Å². The van der Waals surface area contributed by atoms with E-state index in [1.807, 2.05) is 59.4 Å². The first-order valence-corrected chi connectivity index (χ1v) is 10.9. The molecular weight excluding hydrogens is 412 g/mol. The van der Waals surface area contributed by atoms with E-state index in [0.717, 1.165) is 40.7 Å². The number of fused-ring (bicyclic) bond motifs is 2. The molecule has 1 atom stereocenters. The molecule has 0 saturated heterocycles. The van der Waals surface area contributed by atoms with E-state index < -0.39 is 0 Å². The highest BCUT2D eigenvalue weighted by atomic mass is 16.3. The van der Waals surface area contributed by atoms with E-state index in [-0.39, 0.29) is 6.04 Å². The van der Waals surface area contributed by atoms with E-state index in [0.29, 0.717) is 17.4 Å². The number of benzene rings is 3. The number of phenols is 1. The Morgan fingerprint density at radius 1 is 0.939 bits per heavy atom. The van der Waals surface area contributed by atoms with Crippen LogP contribution in [-0.4, -0.2) is 24.9 Å². The van der Waals surface area contributed by atoms with E-state index in [1.165, 1.54) is 11.1 Å². The third kappa shape index (κ3) is 3.34. The molecule has 162 valence electrons. The van der Waals surface area contributed by atoms with Gasteiger partial charge in [0, 0.05) is 23.1 Å². The molecule has 0 fully saturated rings. The van der Waals surface area contributed by atoms with Crippen LogP contribution in [0, 0.1) is 0 Å². The summed E-state index contributed by atoms with van der Waals surface area (Å²) in [7, 11) is 0. The van der Waals surface area contributed by atoms with Crippen molar-refractivity contribution in [2.45, 2.75) is 18.9 Å². The summed E-state index contributed by atoms with van der Waals surface area (Å²) < 4.78 is 1.99. The number of aromatic hydroxyl groups is 1. The van der Waals surface area contributed by atoms with Crippen LogP contribution in [0.15, 0.2) is 79.1 Å². The van der Waals surface area contributed by atoms with Gasteiger partial charge in [-0.2, -0.15) is 10.1 Å². The number of nitrogen functional groups attached to an aromatic ring is 1. The number of phenolic OH excluding ortho intramolecular Hbond substituents is 1. The molecule has 0 amide bonds. The highest BCUT2D eigenvalue weighted by molar-refractivity contribution is 5.77. The van der Waals surface area contributed by atoms with Crippen LogP contribution in [0.5, 0.6) is 5.75 Å². The van der Waals surface area contributed by atoms with Crippen molar-refractivity contribution in [3.05, 3.63) is 90.3 Å². The largest absolute Gasteiger partial charge is 0.507 e. The van der Waals surface area contributed by atoms with Crippen molar-refractivity contribution in [3.8, 4) is 16.9 Å². The summed E-state index contributed by atoms with van der Waals surface area (Å²) in [6.07, 6.45) is 5.43. The maximum atomic E-state index is 10.4. The summed E-state index contributed by atoms with van der Waals surface area (Å²) in [5, 5.41) is 19.2. The van der Waals surface area contributed by atoms with Gasteiger partial charge in [0.1, 0.15) is 5.75 Å². The summed E-state index contributed by atoms with van der Waals surface area (Å²) in [6, 6.07) is 21.3. The van der Waals surface area contributed by atoms with Crippen LogP contribution in [0.25, 0.3) is 22.2 Å². The van der Waals surface area contributed by atoms with Gasteiger partial charge in [-0.15, -0.1) is 0 Å². The maximum absolute atomic E-state index is 10.4. The Kier molecular flexibility index (Phi) is 4.47. The molecule has 2 heterocycles. The molecule has 6 rings (SSSR count). The number of para-hydroxylation sites is 1. The monoisotopic (exact) mass is 434 g/mol. The van der Waals surface area contributed by atoms with Crippen molar-refractivity contribution in [1.82, 2.24) is 19.7 Å². The molecule has 0 radical (unpaired) electrons. The Bertz CT molecular complexity index is 1470. The average Bonchev–Trinajstić information content (AvgIpc) is 3.44. The second kappa shape index (κ2) is 7.63. The molecule has 0 aliphatic heterocycles. The van der Waals surface area contributed by atoms with Crippen molar-refractivity contribution < 1.29 is 5.11 Å². The molecule has 0 saturated carbocycles. The molecule has 0 spiro atoms. The van der Waals surface area contributed by atoms with Gasteiger partial charge in [0.15, 0.2) is 5.65 Å². The minimum Gasteiger partial charge on any atom is -0.507 e. The molecule has 7 heteroatoms. The molecule has 1 aliphatic rings. The Hall–Kier alpha value is -4.39. The minimum atomic E-state index is 0.0718. The molecule has 1 unspecified atom stereocenters. The van der Waals surface area contributed by atoms with Crippen molar-refractivity contribution in [3.63, 3.8) is 0 Å². The van der Waals surface area contributed by atoms with Crippen LogP contribution in [0.3, 0.4) is 0 Å². The number of nitrogens with two attached hydrogens (primary N) is 1. The minimum absolute atomic E-state index is 0.0718. The molecule has 1 aliphatic carbocycles. The number of hydrogen-bond acceptors (Lipinski definition) is 6. The lowest BCUT2D eigenvalue weighted by Crippen LogP contribution is -2.10. The third-order valence-corrected chi connectivity index (χ3v) is 6.23. The van der Waals surface area contributed by atoms with Crippen molar-refractivity contribution in [2.75, 3.05) is 11.1 Å². The second-order valence-corrected chi connectivity index (χ2v) is 8.25. The van der Waals surface area contributed by atoms with Crippen LogP contribution in [0.2, 0.25) is 0 Å². The molecule has 3 aromatic carbocycles. The van der Waals surface area contributed by atoms with Crippen molar-refractivity contribution in [2.24, 2.45) is 0 Å². The number of nitrogens with zero attached hydrogens (tertiary/aromatic N) is 4. The lowest BCUT2D eigenvalue weighted by Gasteiger charge is -2.15. The molecule has 4 N–H and O–H groups in total. The van der Waals surface area contributed by atoms with E-state index in [9.17, 15) is 5.11 Å². The van der Waals surface area contributed by atoms with E-state index >= 15 is 0 Å². The number of rotatable bonds is 4. The zero-order valence-electron chi connectivity index (χ0n) is 17.8. The fourth-order valence-electron chi connectivity index (χ4n) is 4.66. The third-order valence-electron chi connectivity index (χ3n) is 6.23. The van der Waals surface area contributed by atoms with E-state index in [2.05, 4.69) is 27.5 Å². The smallest absolute Gasteiger partial charge is 0.229 e. The molecule has 2 aromatic heterocycles. The fraction of sp³-hybridized carbons (Fsp3) is 0.115. The molecule has 33 heavy (non-hydrogen) atoms. The first kappa shape index (κ1) is 19.3. The lowest BCUT2D eigenvalue weighted by atomic mass is 9.96. The summed E-state index contributed by atoms with van der Waals surface area (Å²) >= 11 is 0. The second-order valence-electron chi connectivity index (χ2n) is 8.25. The van der Waals surface area contributed by atoms with E-state index in [1.54, 1.807) is 12.3 Å². The fourth-order valence-corrected chi connectivity index (χ4v) is 4.66. The maximum Gasteiger partial charge on any atom is 0.229 e. The summed E-state index contributed by atoms with van der Waals surface area (Å²) in [4.78, 5) is 9.21. The predicted molar refractivity (Wildman–Crippen MR) is 129 cm³/mol. The van der Waals surface area contributed by atoms with Crippen LogP contribution in [0.1, 0.15) is 23.6 Å². The Labute approximate surface area is 190 Å². The van der Waals surface area contributed by atoms with Gasteiger partial charge < -0.3 is 16.2 Å². The van der Waals surface area contributed by atoms with Crippen molar-refractivity contribution in [1.29, 1.82) is 0 Å². The molecular formula is C26H22N6O. The van der Waals surface area contributed by atoms with Crippen LogP contribution in [0.4, 0.5) is 17.3 Å². The quantitative estimate of drug-likeness (QED) is 0.342. The van der Waals surface area contributed by atoms with Crippen molar-refractivity contribution >= 4 is 28.4 Å². The summed E-state index contributed by atoms with van der Waals surface area (Å²) in [5.41, 5.74) is 12.5. The van der Waals surface area contributed by atoms with Gasteiger partial charge in [0.2, 0.25) is 5.95 Å². The highest BCUT2D eigenvalue weighted by Gasteiger charge is 2.29. The number of nitrogens with one attached hydrogen (secondary N) is 1. The van der Waals surface area contributed by atoms with E-state index in [4.69, 9.17) is 10.7 Å². The van der Waals surface area contributed by atoms with Gasteiger partial charge >= 0.3 is 0 Å². The first-order valence-electron chi connectivity index (χ1n) is 10.9. The normalized spacial score (nSPS) is 15.0.